The van der Waals surface area contributed by atoms with Gasteiger partial charge in [-0.2, -0.15) is 0 Å². The Morgan fingerprint density at radius 2 is 2.14 bits per heavy atom. The lowest BCUT2D eigenvalue weighted by molar-refractivity contribution is -0.118. The molecule has 0 aliphatic rings. The molecule has 0 fully saturated rings. The van der Waals surface area contributed by atoms with E-state index in [-0.39, 0.29) is 5.91 Å². The number of para-hydroxylation sites is 1. The van der Waals surface area contributed by atoms with Crippen molar-refractivity contribution in [2.75, 3.05) is 5.75 Å². The molecule has 3 aromatic rings. The van der Waals surface area contributed by atoms with E-state index in [1.165, 1.54) is 17.3 Å². The number of thiophene rings is 1. The molecular formula is C17H16N2OS2. The largest absolute Gasteiger partial charge is 0.350 e. The van der Waals surface area contributed by atoms with Gasteiger partial charge in [-0.3, -0.25) is 4.79 Å². The van der Waals surface area contributed by atoms with Crippen molar-refractivity contribution in [3.63, 3.8) is 0 Å². The second-order valence-electron chi connectivity index (χ2n) is 4.94. The van der Waals surface area contributed by atoms with Gasteiger partial charge >= 0.3 is 0 Å². The van der Waals surface area contributed by atoms with Crippen LogP contribution < -0.4 is 5.32 Å². The van der Waals surface area contributed by atoms with Crippen molar-refractivity contribution in [2.45, 2.75) is 18.5 Å². The van der Waals surface area contributed by atoms with Gasteiger partial charge in [-0.15, -0.1) is 11.3 Å². The van der Waals surface area contributed by atoms with Crippen molar-refractivity contribution < 1.29 is 4.79 Å². The number of aryl methyl sites for hydroxylation is 1. The summed E-state index contributed by atoms with van der Waals surface area (Å²) in [6.45, 7) is 2.67. The number of thioether (sulfide) groups is 1. The Balaban J connectivity index is 1.60. The number of nitrogens with one attached hydrogen (secondary N) is 1. The molecule has 3 rings (SSSR count). The number of aromatic nitrogens is 1. The molecular weight excluding hydrogens is 312 g/mol. The fraction of sp³-hybridized carbons (Fsp3) is 0.176. The summed E-state index contributed by atoms with van der Waals surface area (Å²) < 4.78 is 0. The number of rotatable bonds is 5. The Labute approximate surface area is 137 Å². The summed E-state index contributed by atoms with van der Waals surface area (Å²) in [6, 6.07) is 14.1. The highest BCUT2D eigenvalue weighted by Crippen LogP contribution is 2.23. The molecule has 1 amide bonds. The molecule has 22 heavy (non-hydrogen) atoms. The molecule has 0 bridgehead atoms. The molecule has 112 valence electrons. The molecule has 2 aromatic heterocycles. The maximum atomic E-state index is 11.9. The highest BCUT2D eigenvalue weighted by Gasteiger charge is 2.06. The predicted molar refractivity (Wildman–Crippen MR) is 93.4 cm³/mol. The predicted octanol–water partition coefficient (Wildman–Crippen LogP) is 4.01. The molecule has 0 saturated carbocycles. The van der Waals surface area contributed by atoms with Gasteiger partial charge in [0.2, 0.25) is 5.91 Å². The first kappa shape index (κ1) is 15.1. The van der Waals surface area contributed by atoms with E-state index >= 15 is 0 Å². The number of amides is 1. The summed E-state index contributed by atoms with van der Waals surface area (Å²) in [7, 11) is 0. The van der Waals surface area contributed by atoms with E-state index < -0.39 is 0 Å². The molecule has 0 saturated heterocycles. The van der Waals surface area contributed by atoms with Crippen molar-refractivity contribution in [3.05, 3.63) is 58.3 Å². The number of hydrogen-bond acceptors (Lipinski definition) is 4. The first-order chi connectivity index (χ1) is 10.7. The minimum Gasteiger partial charge on any atom is -0.350 e. The van der Waals surface area contributed by atoms with Crippen LogP contribution in [-0.4, -0.2) is 16.6 Å². The smallest absolute Gasteiger partial charge is 0.230 e. The number of carbonyl (C=O) groups excluding carboxylic acids is 1. The Kier molecular flexibility index (Phi) is 4.75. The zero-order chi connectivity index (χ0) is 15.4. The standard InChI is InChI=1S/C17H16N2OS2/c1-12-9-17(19-15-7-3-2-6-14(12)15)22-11-16(20)18-10-13-5-4-8-21-13/h2-9H,10-11H2,1H3,(H,18,20). The second-order valence-corrected chi connectivity index (χ2v) is 6.97. The summed E-state index contributed by atoms with van der Waals surface area (Å²) in [5, 5.41) is 6.99. The van der Waals surface area contributed by atoms with E-state index in [0.29, 0.717) is 12.3 Å². The topological polar surface area (TPSA) is 42.0 Å². The molecule has 0 unspecified atom stereocenters. The normalized spacial score (nSPS) is 10.8. The lowest BCUT2D eigenvalue weighted by atomic mass is 10.1. The van der Waals surface area contributed by atoms with Gasteiger partial charge in [0.15, 0.2) is 0 Å². The lowest BCUT2D eigenvalue weighted by Crippen LogP contribution is -2.24. The molecule has 1 N–H and O–H groups in total. The van der Waals surface area contributed by atoms with Gasteiger partial charge in [0.1, 0.15) is 0 Å². The lowest BCUT2D eigenvalue weighted by Gasteiger charge is -2.06. The van der Waals surface area contributed by atoms with Gasteiger partial charge in [0.25, 0.3) is 0 Å². The van der Waals surface area contributed by atoms with Gasteiger partial charge in [-0.1, -0.05) is 36.0 Å². The van der Waals surface area contributed by atoms with Crippen molar-refractivity contribution >= 4 is 39.9 Å². The molecule has 3 nitrogen and oxygen atoms in total. The zero-order valence-electron chi connectivity index (χ0n) is 12.2. The third-order valence-corrected chi connectivity index (χ3v) is 5.08. The van der Waals surface area contributed by atoms with Crippen molar-refractivity contribution in [2.24, 2.45) is 0 Å². The van der Waals surface area contributed by atoms with Crippen LogP contribution in [0.15, 0.2) is 52.9 Å². The molecule has 0 aliphatic carbocycles. The highest BCUT2D eigenvalue weighted by molar-refractivity contribution is 7.99. The van der Waals surface area contributed by atoms with Crippen molar-refractivity contribution in [1.82, 2.24) is 10.3 Å². The molecule has 0 atom stereocenters. The van der Waals surface area contributed by atoms with Crippen LogP contribution in [0.1, 0.15) is 10.4 Å². The van der Waals surface area contributed by atoms with E-state index in [2.05, 4.69) is 23.3 Å². The number of carbonyl (C=O) groups is 1. The minimum absolute atomic E-state index is 0.0333. The SMILES string of the molecule is Cc1cc(SCC(=O)NCc2cccs2)nc2ccccc12. The number of fused-ring (bicyclic) bond motifs is 1. The van der Waals surface area contributed by atoms with E-state index in [1.54, 1.807) is 11.3 Å². The van der Waals surface area contributed by atoms with Crippen LogP contribution in [0, 0.1) is 6.92 Å². The van der Waals surface area contributed by atoms with Crippen LogP contribution in [-0.2, 0) is 11.3 Å². The van der Waals surface area contributed by atoms with Crippen LogP contribution in [0.3, 0.4) is 0 Å². The third kappa shape index (κ3) is 3.67. The fourth-order valence-corrected chi connectivity index (χ4v) is 3.63. The van der Waals surface area contributed by atoms with Crippen molar-refractivity contribution in [3.8, 4) is 0 Å². The van der Waals surface area contributed by atoms with Gasteiger partial charge < -0.3 is 5.32 Å². The Morgan fingerprint density at radius 3 is 2.95 bits per heavy atom. The maximum Gasteiger partial charge on any atom is 0.230 e. The summed E-state index contributed by atoms with van der Waals surface area (Å²) in [4.78, 5) is 17.7. The van der Waals surface area contributed by atoms with Gasteiger partial charge in [0.05, 0.1) is 22.8 Å². The van der Waals surface area contributed by atoms with Crippen LogP contribution in [0.2, 0.25) is 0 Å². The van der Waals surface area contributed by atoms with Gasteiger partial charge in [-0.25, -0.2) is 4.98 Å². The van der Waals surface area contributed by atoms with E-state index in [0.717, 1.165) is 20.8 Å². The van der Waals surface area contributed by atoms with Crippen LogP contribution in [0.5, 0.6) is 0 Å². The Morgan fingerprint density at radius 1 is 1.27 bits per heavy atom. The van der Waals surface area contributed by atoms with Crippen LogP contribution in [0.25, 0.3) is 10.9 Å². The summed E-state index contributed by atoms with van der Waals surface area (Å²) >= 11 is 3.12. The van der Waals surface area contributed by atoms with Crippen LogP contribution >= 0.6 is 23.1 Å². The fourth-order valence-electron chi connectivity index (χ4n) is 2.18. The molecule has 0 radical (unpaired) electrons. The first-order valence-corrected chi connectivity index (χ1v) is 8.87. The van der Waals surface area contributed by atoms with Gasteiger partial charge in [-0.05, 0) is 36.1 Å². The second kappa shape index (κ2) is 6.94. The average molecular weight is 328 g/mol. The zero-order valence-corrected chi connectivity index (χ0v) is 13.8. The third-order valence-electron chi connectivity index (χ3n) is 3.29. The molecule has 0 spiro atoms. The average Bonchev–Trinajstić information content (AvgIpc) is 3.04. The van der Waals surface area contributed by atoms with Crippen molar-refractivity contribution in [1.29, 1.82) is 0 Å². The number of nitrogens with zero attached hydrogens (tertiary/aromatic N) is 1. The number of benzene rings is 1. The summed E-state index contributed by atoms with van der Waals surface area (Å²) in [5.41, 5.74) is 2.16. The van der Waals surface area contributed by atoms with E-state index in [9.17, 15) is 4.79 Å². The van der Waals surface area contributed by atoms with Gasteiger partial charge in [0, 0.05) is 10.3 Å². The molecule has 2 heterocycles. The van der Waals surface area contributed by atoms with E-state index in [1.807, 2.05) is 41.8 Å². The summed E-state index contributed by atoms with van der Waals surface area (Å²) in [5.74, 6) is 0.418. The van der Waals surface area contributed by atoms with E-state index in [4.69, 9.17) is 0 Å². The number of pyridine rings is 1. The summed E-state index contributed by atoms with van der Waals surface area (Å²) in [6.07, 6.45) is 0. The minimum atomic E-state index is 0.0333. The first-order valence-electron chi connectivity index (χ1n) is 7.00. The molecule has 0 aliphatic heterocycles. The maximum absolute atomic E-state index is 11.9. The molecule has 5 heteroatoms. The number of hydrogen-bond donors (Lipinski definition) is 1. The quantitative estimate of drug-likeness (QED) is 0.720. The van der Waals surface area contributed by atoms with Crippen LogP contribution in [0.4, 0.5) is 0 Å². The Bertz CT molecular complexity index is 784. The highest BCUT2D eigenvalue weighted by atomic mass is 32.2. The molecule has 1 aromatic carbocycles. The monoisotopic (exact) mass is 328 g/mol. The Hall–Kier alpha value is -1.85.